The summed E-state index contributed by atoms with van der Waals surface area (Å²) in [5.41, 5.74) is 1.85. The zero-order valence-electron chi connectivity index (χ0n) is 14.5. The van der Waals surface area contributed by atoms with Crippen LogP contribution >= 0.6 is 0 Å². The van der Waals surface area contributed by atoms with Crippen molar-refractivity contribution in [3.05, 3.63) is 54.1 Å². The van der Waals surface area contributed by atoms with Gasteiger partial charge in [-0.15, -0.1) is 0 Å². The number of hydrogen-bond donors (Lipinski definition) is 2. The molecule has 0 aliphatic carbocycles. The van der Waals surface area contributed by atoms with E-state index in [0.717, 1.165) is 35.8 Å². The minimum atomic E-state index is -0.0185. The summed E-state index contributed by atoms with van der Waals surface area (Å²) in [5, 5.41) is 2.92. The van der Waals surface area contributed by atoms with Crippen molar-refractivity contribution in [2.24, 2.45) is 0 Å². The average Bonchev–Trinajstić information content (AvgIpc) is 2.61. The molecule has 0 fully saturated rings. The lowest BCUT2D eigenvalue weighted by Gasteiger charge is -2.18. The van der Waals surface area contributed by atoms with E-state index in [0.29, 0.717) is 6.54 Å². The van der Waals surface area contributed by atoms with Gasteiger partial charge < -0.3 is 19.7 Å². The molecule has 0 radical (unpaired) electrons. The number of carbonyl (C=O) groups excluding carboxylic acids is 1. The van der Waals surface area contributed by atoms with E-state index in [4.69, 9.17) is 9.47 Å². The number of nitrogens with one attached hydrogen (secondary N) is 2. The molecular formula is C19H25N2O3+. The highest BCUT2D eigenvalue weighted by atomic mass is 16.5. The number of hydrogen-bond acceptors (Lipinski definition) is 3. The second kappa shape index (κ2) is 8.93. The van der Waals surface area contributed by atoms with Crippen molar-refractivity contribution < 1.29 is 19.2 Å². The molecule has 2 N–H and O–H groups in total. The topological polar surface area (TPSA) is 52.0 Å². The fraction of sp³-hybridized carbons (Fsp3) is 0.316. The molecule has 2 aromatic carbocycles. The van der Waals surface area contributed by atoms with Crippen molar-refractivity contribution in [3.63, 3.8) is 0 Å². The van der Waals surface area contributed by atoms with Gasteiger partial charge in [-0.25, -0.2) is 0 Å². The standard InChI is InChI=1S/C19H24N2O3/c1-4-21(13-15-8-5-6-11-18(15)24-3)14-19(22)20-16-9-7-10-17(12-16)23-2/h5-12H,4,13-14H2,1-3H3,(H,20,22)/p+1. The lowest BCUT2D eigenvalue weighted by atomic mass is 10.2. The number of likely N-dealkylation sites (N-methyl/N-ethyl adjacent to an activating group) is 1. The van der Waals surface area contributed by atoms with Crippen LogP contribution in [0.3, 0.4) is 0 Å². The third-order valence-corrected chi connectivity index (χ3v) is 3.90. The lowest BCUT2D eigenvalue weighted by molar-refractivity contribution is -0.903. The van der Waals surface area contributed by atoms with Crippen LogP contribution in [0.5, 0.6) is 11.5 Å². The van der Waals surface area contributed by atoms with Crippen LogP contribution in [-0.2, 0) is 11.3 Å². The molecule has 5 heteroatoms. The molecule has 2 aromatic rings. The maximum atomic E-state index is 12.3. The molecule has 24 heavy (non-hydrogen) atoms. The van der Waals surface area contributed by atoms with Crippen LogP contribution in [0.4, 0.5) is 5.69 Å². The summed E-state index contributed by atoms with van der Waals surface area (Å²) in [6.45, 7) is 4.06. The number of amides is 1. The first-order valence-electron chi connectivity index (χ1n) is 8.05. The maximum Gasteiger partial charge on any atom is 0.279 e. The Labute approximate surface area is 143 Å². The summed E-state index contributed by atoms with van der Waals surface area (Å²) in [7, 11) is 3.27. The predicted molar refractivity (Wildman–Crippen MR) is 94.7 cm³/mol. The number of anilines is 1. The van der Waals surface area contributed by atoms with Crippen LogP contribution in [0.15, 0.2) is 48.5 Å². The van der Waals surface area contributed by atoms with Crippen molar-refractivity contribution in [1.29, 1.82) is 0 Å². The van der Waals surface area contributed by atoms with Gasteiger partial charge in [0.25, 0.3) is 5.91 Å². The monoisotopic (exact) mass is 329 g/mol. The molecule has 0 aliphatic heterocycles. The van der Waals surface area contributed by atoms with E-state index in [1.165, 1.54) is 4.90 Å². The number of quaternary nitrogens is 1. The Morgan fingerprint density at radius 3 is 2.58 bits per heavy atom. The largest absolute Gasteiger partial charge is 0.497 e. The molecule has 0 bridgehead atoms. The van der Waals surface area contributed by atoms with Gasteiger partial charge in [-0.05, 0) is 31.2 Å². The molecule has 0 saturated carbocycles. The van der Waals surface area contributed by atoms with Crippen molar-refractivity contribution in [2.75, 3.05) is 32.6 Å². The normalized spacial score (nSPS) is 11.6. The molecule has 0 saturated heterocycles. The molecule has 0 spiro atoms. The molecule has 5 nitrogen and oxygen atoms in total. The van der Waals surface area contributed by atoms with Crippen molar-refractivity contribution >= 4 is 11.6 Å². The molecule has 2 rings (SSSR count). The SMILES string of the molecule is CC[NH+](CC(=O)Nc1cccc(OC)c1)Cc1ccccc1OC. The highest BCUT2D eigenvalue weighted by Gasteiger charge is 2.15. The van der Waals surface area contributed by atoms with Gasteiger partial charge >= 0.3 is 0 Å². The van der Waals surface area contributed by atoms with Crippen LogP contribution in [0.25, 0.3) is 0 Å². The zero-order chi connectivity index (χ0) is 17.4. The number of ether oxygens (including phenoxy) is 2. The summed E-state index contributed by atoms with van der Waals surface area (Å²) in [6.07, 6.45) is 0. The highest BCUT2D eigenvalue weighted by molar-refractivity contribution is 5.91. The summed E-state index contributed by atoms with van der Waals surface area (Å²) in [5.74, 6) is 1.56. The minimum Gasteiger partial charge on any atom is -0.497 e. The van der Waals surface area contributed by atoms with E-state index in [1.807, 2.05) is 48.5 Å². The summed E-state index contributed by atoms with van der Waals surface area (Å²) < 4.78 is 10.6. The fourth-order valence-electron chi connectivity index (χ4n) is 2.56. The van der Waals surface area contributed by atoms with Gasteiger partial charge in [-0.3, -0.25) is 4.79 Å². The van der Waals surface area contributed by atoms with E-state index >= 15 is 0 Å². The van der Waals surface area contributed by atoms with Gasteiger partial charge in [0, 0.05) is 17.3 Å². The van der Waals surface area contributed by atoms with Crippen LogP contribution in [0, 0.1) is 0 Å². The molecule has 1 atom stereocenters. The number of para-hydroxylation sites is 1. The van der Waals surface area contributed by atoms with Crippen molar-refractivity contribution in [2.45, 2.75) is 13.5 Å². The highest BCUT2D eigenvalue weighted by Crippen LogP contribution is 2.17. The van der Waals surface area contributed by atoms with Crippen LogP contribution < -0.4 is 19.7 Å². The van der Waals surface area contributed by atoms with E-state index in [2.05, 4.69) is 12.2 Å². The first-order chi connectivity index (χ1) is 11.7. The first kappa shape index (κ1) is 17.8. The number of rotatable bonds is 8. The second-order valence-electron chi connectivity index (χ2n) is 5.55. The number of benzene rings is 2. The average molecular weight is 329 g/mol. The lowest BCUT2D eigenvalue weighted by Crippen LogP contribution is -3.11. The Morgan fingerprint density at radius 2 is 1.88 bits per heavy atom. The Balaban J connectivity index is 1.97. The summed E-state index contributed by atoms with van der Waals surface area (Å²) in [4.78, 5) is 13.5. The van der Waals surface area contributed by atoms with E-state index in [9.17, 15) is 4.79 Å². The molecule has 1 unspecified atom stereocenters. The predicted octanol–water partition coefficient (Wildman–Crippen LogP) is 1.75. The zero-order valence-corrected chi connectivity index (χ0v) is 14.5. The molecule has 1 amide bonds. The molecule has 0 heterocycles. The van der Waals surface area contributed by atoms with E-state index in [-0.39, 0.29) is 5.91 Å². The van der Waals surface area contributed by atoms with Crippen LogP contribution in [0.1, 0.15) is 12.5 Å². The Morgan fingerprint density at radius 1 is 1.08 bits per heavy atom. The van der Waals surface area contributed by atoms with Crippen LogP contribution in [-0.4, -0.2) is 33.2 Å². The van der Waals surface area contributed by atoms with Crippen molar-refractivity contribution in [3.8, 4) is 11.5 Å². The third kappa shape index (κ3) is 4.99. The van der Waals surface area contributed by atoms with Crippen molar-refractivity contribution in [1.82, 2.24) is 0 Å². The Kier molecular flexibility index (Phi) is 6.63. The van der Waals surface area contributed by atoms with E-state index < -0.39 is 0 Å². The Bertz CT molecular complexity index is 673. The van der Waals surface area contributed by atoms with Gasteiger partial charge in [0.1, 0.15) is 18.0 Å². The quantitative estimate of drug-likeness (QED) is 0.776. The number of carbonyl (C=O) groups is 1. The molecule has 128 valence electrons. The number of methoxy groups -OCH3 is 2. The third-order valence-electron chi connectivity index (χ3n) is 3.90. The second-order valence-corrected chi connectivity index (χ2v) is 5.55. The molecule has 0 aromatic heterocycles. The van der Waals surface area contributed by atoms with Gasteiger partial charge in [0.05, 0.1) is 20.8 Å². The minimum absolute atomic E-state index is 0.0185. The van der Waals surface area contributed by atoms with Gasteiger partial charge in [-0.1, -0.05) is 18.2 Å². The van der Waals surface area contributed by atoms with Crippen LogP contribution in [0.2, 0.25) is 0 Å². The smallest absolute Gasteiger partial charge is 0.279 e. The summed E-state index contributed by atoms with van der Waals surface area (Å²) in [6, 6.07) is 15.3. The van der Waals surface area contributed by atoms with Gasteiger partial charge in [0.15, 0.2) is 6.54 Å². The van der Waals surface area contributed by atoms with Gasteiger partial charge in [-0.2, -0.15) is 0 Å². The molecule has 0 aliphatic rings. The Hall–Kier alpha value is -2.53. The first-order valence-corrected chi connectivity index (χ1v) is 8.05. The molecular weight excluding hydrogens is 304 g/mol. The van der Waals surface area contributed by atoms with E-state index in [1.54, 1.807) is 14.2 Å². The summed E-state index contributed by atoms with van der Waals surface area (Å²) >= 11 is 0. The fourth-order valence-corrected chi connectivity index (χ4v) is 2.56. The maximum absolute atomic E-state index is 12.3. The van der Waals surface area contributed by atoms with Gasteiger partial charge in [0.2, 0.25) is 0 Å².